The molecule has 110 valence electrons. The Kier molecular flexibility index (Phi) is 5.43. The zero-order valence-electron chi connectivity index (χ0n) is 11.3. The number of carbonyl (C=O) groups excluding carboxylic acids is 1. The molecule has 20 heavy (non-hydrogen) atoms. The van der Waals surface area contributed by atoms with Crippen LogP contribution in [-0.2, 0) is 11.2 Å². The molecule has 1 saturated heterocycles. The van der Waals surface area contributed by atoms with Gasteiger partial charge >= 0.3 is 0 Å². The molecule has 2 N–H and O–H groups in total. The van der Waals surface area contributed by atoms with E-state index in [1.54, 1.807) is 0 Å². The van der Waals surface area contributed by atoms with E-state index in [1.165, 1.54) is 6.07 Å². The standard InChI is InChI=1S/C14H19F2N3O/c15-12-2-1-11(13(16)10-12)9-14(20)18-5-8-19-6-3-17-4-7-19/h1-2,10,17H,3-9H2,(H,18,20). The van der Waals surface area contributed by atoms with E-state index in [-0.39, 0.29) is 17.9 Å². The summed E-state index contributed by atoms with van der Waals surface area (Å²) in [7, 11) is 0. The first-order valence-electron chi connectivity index (χ1n) is 6.79. The molecule has 0 aliphatic carbocycles. The van der Waals surface area contributed by atoms with Gasteiger partial charge in [-0.3, -0.25) is 9.69 Å². The summed E-state index contributed by atoms with van der Waals surface area (Å²) >= 11 is 0. The van der Waals surface area contributed by atoms with E-state index in [0.29, 0.717) is 6.54 Å². The molecular weight excluding hydrogens is 264 g/mol. The number of halogens is 2. The molecule has 1 aliphatic rings. The van der Waals surface area contributed by atoms with Gasteiger partial charge in [-0.1, -0.05) is 6.07 Å². The molecule has 1 aliphatic heterocycles. The second-order valence-electron chi connectivity index (χ2n) is 4.85. The van der Waals surface area contributed by atoms with Crippen LogP contribution < -0.4 is 10.6 Å². The van der Waals surface area contributed by atoms with Gasteiger partial charge < -0.3 is 10.6 Å². The van der Waals surface area contributed by atoms with E-state index in [4.69, 9.17) is 0 Å². The van der Waals surface area contributed by atoms with Crippen molar-refractivity contribution in [2.24, 2.45) is 0 Å². The minimum Gasteiger partial charge on any atom is -0.355 e. The Hall–Kier alpha value is -1.53. The Labute approximate surface area is 117 Å². The van der Waals surface area contributed by atoms with Crippen molar-refractivity contribution in [3.05, 3.63) is 35.4 Å². The van der Waals surface area contributed by atoms with E-state index < -0.39 is 11.6 Å². The number of carbonyl (C=O) groups is 1. The van der Waals surface area contributed by atoms with Gasteiger partial charge in [0.15, 0.2) is 0 Å². The summed E-state index contributed by atoms with van der Waals surface area (Å²) in [4.78, 5) is 13.9. The molecule has 1 amide bonds. The van der Waals surface area contributed by atoms with Crippen LogP contribution in [0.25, 0.3) is 0 Å². The van der Waals surface area contributed by atoms with E-state index >= 15 is 0 Å². The molecule has 6 heteroatoms. The lowest BCUT2D eigenvalue weighted by Gasteiger charge is -2.27. The topological polar surface area (TPSA) is 44.4 Å². The number of rotatable bonds is 5. The number of hydrogen-bond donors (Lipinski definition) is 2. The Morgan fingerprint density at radius 3 is 2.75 bits per heavy atom. The lowest BCUT2D eigenvalue weighted by Crippen LogP contribution is -2.46. The Balaban J connectivity index is 1.72. The quantitative estimate of drug-likeness (QED) is 0.828. The summed E-state index contributed by atoms with van der Waals surface area (Å²) in [6.45, 7) is 5.22. The van der Waals surface area contributed by atoms with Gasteiger partial charge in [-0.05, 0) is 11.6 Å². The van der Waals surface area contributed by atoms with Gasteiger partial charge in [0.2, 0.25) is 5.91 Å². The molecule has 0 saturated carbocycles. The van der Waals surface area contributed by atoms with Crippen LogP contribution in [0.4, 0.5) is 8.78 Å². The van der Waals surface area contributed by atoms with Crippen molar-refractivity contribution in [2.75, 3.05) is 39.3 Å². The van der Waals surface area contributed by atoms with E-state index in [0.717, 1.165) is 44.9 Å². The third-order valence-electron chi connectivity index (χ3n) is 3.33. The van der Waals surface area contributed by atoms with E-state index in [2.05, 4.69) is 15.5 Å². The fourth-order valence-electron chi connectivity index (χ4n) is 2.19. The van der Waals surface area contributed by atoms with Crippen LogP contribution in [0.5, 0.6) is 0 Å². The normalized spacial score (nSPS) is 16.1. The first-order valence-corrected chi connectivity index (χ1v) is 6.79. The highest BCUT2D eigenvalue weighted by Crippen LogP contribution is 2.09. The number of piperazine rings is 1. The Bertz CT molecular complexity index is 462. The molecule has 1 fully saturated rings. The zero-order chi connectivity index (χ0) is 14.4. The predicted octanol–water partition coefficient (Wildman–Crippen LogP) is 0.529. The van der Waals surface area contributed by atoms with E-state index in [9.17, 15) is 13.6 Å². The van der Waals surface area contributed by atoms with Crippen LogP contribution in [0.2, 0.25) is 0 Å². The summed E-state index contributed by atoms with van der Waals surface area (Å²) in [5.41, 5.74) is 0.214. The second kappa shape index (κ2) is 7.31. The van der Waals surface area contributed by atoms with Crippen LogP contribution in [0.1, 0.15) is 5.56 Å². The molecular formula is C14H19F2N3O. The summed E-state index contributed by atoms with van der Waals surface area (Å²) < 4.78 is 26.1. The first kappa shape index (κ1) is 14.9. The highest BCUT2D eigenvalue weighted by atomic mass is 19.1. The van der Waals surface area contributed by atoms with Crippen LogP contribution in [0.15, 0.2) is 18.2 Å². The van der Waals surface area contributed by atoms with Crippen molar-refractivity contribution in [3.63, 3.8) is 0 Å². The maximum Gasteiger partial charge on any atom is 0.224 e. The Morgan fingerprint density at radius 1 is 1.30 bits per heavy atom. The van der Waals surface area contributed by atoms with Gasteiger partial charge in [-0.15, -0.1) is 0 Å². The lowest BCUT2D eigenvalue weighted by molar-refractivity contribution is -0.120. The smallest absolute Gasteiger partial charge is 0.224 e. The van der Waals surface area contributed by atoms with Crippen LogP contribution >= 0.6 is 0 Å². The van der Waals surface area contributed by atoms with Gasteiger partial charge in [-0.25, -0.2) is 8.78 Å². The summed E-state index contributed by atoms with van der Waals surface area (Å²) in [6, 6.07) is 3.26. The fourth-order valence-corrected chi connectivity index (χ4v) is 2.19. The summed E-state index contributed by atoms with van der Waals surface area (Å²) in [5.74, 6) is -1.56. The average Bonchev–Trinajstić information content (AvgIpc) is 2.43. The number of benzene rings is 1. The fraction of sp³-hybridized carbons (Fsp3) is 0.500. The third kappa shape index (κ3) is 4.54. The molecule has 0 radical (unpaired) electrons. The second-order valence-corrected chi connectivity index (χ2v) is 4.85. The number of hydrogen-bond acceptors (Lipinski definition) is 3. The largest absolute Gasteiger partial charge is 0.355 e. The first-order chi connectivity index (χ1) is 9.65. The van der Waals surface area contributed by atoms with Gasteiger partial charge in [0.25, 0.3) is 0 Å². The van der Waals surface area contributed by atoms with E-state index in [1.807, 2.05) is 0 Å². The molecule has 0 aromatic heterocycles. The molecule has 0 atom stereocenters. The monoisotopic (exact) mass is 283 g/mol. The maximum absolute atomic E-state index is 13.4. The number of nitrogens with one attached hydrogen (secondary N) is 2. The van der Waals surface area contributed by atoms with Crippen molar-refractivity contribution in [1.82, 2.24) is 15.5 Å². The number of nitrogens with zero attached hydrogens (tertiary/aromatic N) is 1. The third-order valence-corrected chi connectivity index (χ3v) is 3.33. The minimum atomic E-state index is -0.678. The van der Waals surface area contributed by atoms with Crippen LogP contribution in [-0.4, -0.2) is 50.1 Å². The Morgan fingerprint density at radius 2 is 2.05 bits per heavy atom. The summed E-state index contributed by atoms with van der Waals surface area (Å²) in [6.07, 6.45) is -0.0618. The van der Waals surface area contributed by atoms with Crippen molar-refractivity contribution in [1.29, 1.82) is 0 Å². The van der Waals surface area contributed by atoms with Crippen LogP contribution in [0.3, 0.4) is 0 Å². The van der Waals surface area contributed by atoms with Crippen molar-refractivity contribution in [2.45, 2.75) is 6.42 Å². The van der Waals surface area contributed by atoms with Crippen molar-refractivity contribution in [3.8, 4) is 0 Å². The maximum atomic E-state index is 13.4. The minimum absolute atomic E-state index is 0.0618. The van der Waals surface area contributed by atoms with Crippen molar-refractivity contribution >= 4 is 5.91 Å². The molecule has 1 heterocycles. The molecule has 0 unspecified atom stereocenters. The highest BCUT2D eigenvalue weighted by molar-refractivity contribution is 5.78. The van der Waals surface area contributed by atoms with Gasteiger partial charge in [0.1, 0.15) is 11.6 Å². The predicted molar refractivity (Wildman–Crippen MR) is 72.4 cm³/mol. The molecule has 1 aromatic carbocycles. The highest BCUT2D eigenvalue weighted by Gasteiger charge is 2.11. The SMILES string of the molecule is O=C(Cc1ccc(F)cc1F)NCCN1CCNCC1. The average molecular weight is 283 g/mol. The summed E-state index contributed by atoms with van der Waals surface area (Å²) in [5, 5.41) is 6.01. The molecule has 1 aromatic rings. The molecule has 0 spiro atoms. The van der Waals surface area contributed by atoms with Gasteiger partial charge in [0, 0.05) is 45.3 Å². The molecule has 4 nitrogen and oxygen atoms in total. The zero-order valence-corrected chi connectivity index (χ0v) is 11.3. The number of amides is 1. The lowest BCUT2D eigenvalue weighted by atomic mass is 10.1. The van der Waals surface area contributed by atoms with Crippen LogP contribution in [0, 0.1) is 11.6 Å². The molecule has 2 rings (SSSR count). The van der Waals surface area contributed by atoms with Gasteiger partial charge in [-0.2, -0.15) is 0 Å². The molecule has 0 bridgehead atoms. The van der Waals surface area contributed by atoms with Gasteiger partial charge in [0.05, 0.1) is 6.42 Å². The van der Waals surface area contributed by atoms with Crippen molar-refractivity contribution < 1.29 is 13.6 Å².